The zero-order valence-electron chi connectivity index (χ0n) is 7.38. The van der Waals surface area contributed by atoms with Gasteiger partial charge in [0.05, 0.1) is 16.4 Å². The zero-order valence-corrected chi connectivity index (χ0v) is 9.78. The predicted octanol–water partition coefficient (Wildman–Crippen LogP) is 3.01. The molecular weight excluding hydrogens is 248 g/mol. The standard InChI is InChI=1S/C9H11BrN2S/c1-3-4-13-9-8(10)6(2)7(11)5-12-9/h3,5H,1,4,11H2,2H3. The molecule has 0 amide bonds. The Morgan fingerprint density at radius 3 is 3.08 bits per heavy atom. The van der Waals surface area contributed by atoms with Gasteiger partial charge in [-0.25, -0.2) is 4.98 Å². The number of hydrogen-bond acceptors (Lipinski definition) is 3. The molecule has 2 N–H and O–H groups in total. The number of aromatic nitrogens is 1. The predicted molar refractivity (Wildman–Crippen MR) is 62.0 cm³/mol. The van der Waals surface area contributed by atoms with Crippen LogP contribution >= 0.6 is 27.7 Å². The molecule has 2 nitrogen and oxygen atoms in total. The van der Waals surface area contributed by atoms with Gasteiger partial charge in [-0.3, -0.25) is 0 Å². The van der Waals surface area contributed by atoms with Crippen LogP contribution in [0.4, 0.5) is 5.69 Å². The maximum absolute atomic E-state index is 5.70. The molecule has 70 valence electrons. The molecule has 0 spiro atoms. The van der Waals surface area contributed by atoms with Crippen LogP contribution in [0, 0.1) is 6.92 Å². The molecule has 0 radical (unpaired) electrons. The second-order valence-electron chi connectivity index (χ2n) is 2.56. The third kappa shape index (κ3) is 2.48. The van der Waals surface area contributed by atoms with E-state index in [1.165, 1.54) is 0 Å². The van der Waals surface area contributed by atoms with Crippen molar-refractivity contribution in [1.29, 1.82) is 0 Å². The van der Waals surface area contributed by atoms with Crippen molar-refractivity contribution in [2.24, 2.45) is 0 Å². The molecule has 0 atom stereocenters. The molecule has 4 heteroatoms. The highest BCUT2D eigenvalue weighted by atomic mass is 79.9. The fraction of sp³-hybridized carbons (Fsp3) is 0.222. The number of thioether (sulfide) groups is 1. The molecule has 0 aliphatic carbocycles. The summed E-state index contributed by atoms with van der Waals surface area (Å²) in [6, 6.07) is 0. The largest absolute Gasteiger partial charge is 0.397 e. The van der Waals surface area contributed by atoms with Gasteiger partial charge in [0.1, 0.15) is 5.03 Å². The van der Waals surface area contributed by atoms with Crippen molar-refractivity contribution in [2.45, 2.75) is 11.9 Å². The first-order valence-electron chi connectivity index (χ1n) is 3.81. The van der Waals surface area contributed by atoms with Gasteiger partial charge in [-0.1, -0.05) is 6.08 Å². The van der Waals surface area contributed by atoms with Gasteiger partial charge in [0.25, 0.3) is 0 Å². The molecule has 0 saturated heterocycles. The highest BCUT2D eigenvalue weighted by molar-refractivity contribution is 9.10. The van der Waals surface area contributed by atoms with E-state index in [-0.39, 0.29) is 0 Å². The summed E-state index contributed by atoms with van der Waals surface area (Å²) in [6.07, 6.45) is 3.54. The lowest BCUT2D eigenvalue weighted by Crippen LogP contribution is -1.94. The van der Waals surface area contributed by atoms with Gasteiger partial charge >= 0.3 is 0 Å². The molecule has 1 heterocycles. The van der Waals surface area contributed by atoms with Crippen molar-refractivity contribution < 1.29 is 0 Å². The summed E-state index contributed by atoms with van der Waals surface area (Å²) in [5, 5.41) is 0.964. The van der Waals surface area contributed by atoms with E-state index in [1.807, 2.05) is 13.0 Å². The van der Waals surface area contributed by atoms with Crippen LogP contribution < -0.4 is 5.73 Å². The molecule has 0 fully saturated rings. The maximum Gasteiger partial charge on any atom is 0.111 e. The van der Waals surface area contributed by atoms with Gasteiger partial charge in [-0.15, -0.1) is 18.3 Å². The molecule has 0 unspecified atom stereocenters. The number of hydrogen-bond donors (Lipinski definition) is 1. The molecule has 1 aromatic heterocycles. The van der Waals surface area contributed by atoms with Crippen LogP contribution in [0.5, 0.6) is 0 Å². The number of nitrogens with two attached hydrogens (primary N) is 1. The van der Waals surface area contributed by atoms with Crippen LogP contribution in [0.3, 0.4) is 0 Å². The van der Waals surface area contributed by atoms with Gasteiger partial charge in [0, 0.05) is 5.75 Å². The highest BCUT2D eigenvalue weighted by Gasteiger charge is 2.06. The summed E-state index contributed by atoms with van der Waals surface area (Å²) in [6.45, 7) is 5.63. The Morgan fingerprint density at radius 1 is 1.77 bits per heavy atom. The summed E-state index contributed by atoms with van der Waals surface area (Å²) in [5.74, 6) is 0.856. The number of nitrogen functional groups attached to an aromatic ring is 1. The second kappa shape index (κ2) is 4.67. The quantitative estimate of drug-likeness (QED) is 0.670. The number of rotatable bonds is 3. The summed E-state index contributed by atoms with van der Waals surface area (Å²) in [4.78, 5) is 4.22. The minimum absolute atomic E-state index is 0.717. The van der Waals surface area contributed by atoms with Gasteiger partial charge < -0.3 is 5.73 Å². The van der Waals surface area contributed by atoms with Crippen molar-refractivity contribution >= 4 is 33.4 Å². The van der Waals surface area contributed by atoms with E-state index in [0.717, 1.165) is 26.5 Å². The maximum atomic E-state index is 5.70. The van der Waals surface area contributed by atoms with Crippen molar-refractivity contribution in [1.82, 2.24) is 4.98 Å². The third-order valence-corrected chi connectivity index (χ3v) is 3.83. The smallest absolute Gasteiger partial charge is 0.111 e. The van der Waals surface area contributed by atoms with Crippen LogP contribution in [0.2, 0.25) is 0 Å². The van der Waals surface area contributed by atoms with E-state index in [1.54, 1.807) is 18.0 Å². The van der Waals surface area contributed by atoms with Crippen LogP contribution in [0.1, 0.15) is 5.56 Å². The van der Waals surface area contributed by atoms with Gasteiger partial charge in [-0.2, -0.15) is 0 Å². The van der Waals surface area contributed by atoms with E-state index in [4.69, 9.17) is 5.73 Å². The lowest BCUT2D eigenvalue weighted by molar-refractivity contribution is 1.09. The first-order chi connectivity index (χ1) is 6.16. The Kier molecular flexibility index (Phi) is 3.81. The van der Waals surface area contributed by atoms with E-state index in [2.05, 4.69) is 27.5 Å². The van der Waals surface area contributed by atoms with Crippen molar-refractivity contribution in [3.05, 3.63) is 28.9 Å². The van der Waals surface area contributed by atoms with Crippen LogP contribution in [-0.4, -0.2) is 10.7 Å². The van der Waals surface area contributed by atoms with Crippen molar-refractivity contribution in [2.75, 3.05) is 11.5 Å². The molecule has 13 heavy (non-hydrogen) atoms. The lowest BCUT2D eigenvalue weighted by atomic mass is 10.3. The first kappa shape index (κ1) is 10.6. The van der Waals surface area contributed by atoms with Crippen LogP contribution in [-0.2, 0) is 0 Å². The Balaban J connectivity index is 2.96. The van der Waals surface area contributed by atoms with Crippen LogP contribution in [0.25, 0.3) is 0 Å². The molecule has 0 bridgehead atoms. The topological polar surface area (TPSA) is 38.9 Å². The molecule has 0 aromatic carbocycles. The fourth-order valence-electron chi connectivity index (χ4n) is 0.807. The number of halogens is 1. The van der Waals surface area contributed by atoms with Crippen molar-refractivity contribution in [3.63, 3.8) is 0 Å². The summed E-state index contributed by atoms with van der Waals surface area (Å²) < 4.78 is 0.986. The van der Waals surface area contributed by atoms with Gasteiger partial charge in [0.2, 0.25) is 0 Å². The van der Waals surface area contributed by atoms with Gasteiger partial charge in [-0.05, 0) is 28.4 Å². The fourth-order valence-corrected chi connectivity index (χ4v) is 2.16. The summed E-state index contributed by atoms with van der Waals surface area (Å²) in [5.41, 5.74) is 7.46. The van der Waals surface area contributed by atoms with E-state index in [0.29, 0.717) is 0 Å². The van der Waals surface area contributed by atoms with Gasteiger partial charge in [0.15, 0.2) is 0 Å². The number of anilines is 1. The minimum Gasteiger partial charge on any atom is -0.397 e. The number of nitrogens with zero attached hydrogens (tertiary/aromatic N) is 1. The molecule has 0 saturated carbocycles. The minimum atomic E-state index is 0.717. The Hall–Kier alpha value is -0.480. The van der Waals surface area contributed by atoms with E-state index >= 15 is 0 Å². The normalized spacial score (nSPS) is 10.0. The highest BCUT2D eigenvalue weighted by Crippen LogP contribution is 2.30. The summed E-state index contributed by atoms with van der Waals surface area (Å²) >= 11 is 5.10. The average Bonchev–Trinajstić information content (AvgIpc) is 2.13. The molecule has 0 aliphatic heterocycles. The Labute approximate surface area is 90.8 Å². The SMILES string of the molecule is C=CCSc1ncc(N)c(C)c1Br. The molecule has 1 rings (SSSR count). The number of pyridine rings is 1. The molecule has 1 aromatic rings. The zero-order chi connectivity index (χ0) is 9.84. The first-order valence-corrected chi connectivity index (χ1v) is 5.59. The average molecular weight is 259 g/mol. The monoisotopic (exact) mass is 258 g/mol. The van der Waals surface area contributed by atoms with Crippen LogP contribution in [0.15, 0.2) is 28.4 Å². The van der Waals surface area contributed by atoms with E-state index < -0.39 is 0 Å². The summed E-state index contributed by atoms with van der Waals surface area (Å²) in [7, 11) is 0. The lowest BCUT2D eigenvalue weighted by Gasteiger charge is -2.06. The molecular formula is C9H11BrN2S. The second-order valence-corrected chi connectivity index (χ2v) is 4.36. The van der Waals surface area contributed by atoms with Crippen molar-refractivity contribution in [3.8, 4) is 0 Å². The van der Waals surface area contributed by atoms with E-state index in [9.17, 15) is 0 Å². The third-order valence-electron chi connectivity index (χ3n) is 1.61. The molecule has 0 aliphatic rings. The Morgan fingerprint density at radius 2 is 2.46 bits per heavy atom. The Bertz CT molecular complexity index is 326.